The largest absolute Gasteiger partial charge is 0.465 e. The maximum atomic E-state index is 12.4. The smallest absolute Gasteiger partial charge is 0.412 e. The van der Waals surface area contributed by atoms with Crippen LogP contribution in [-0.2, 0) is 4.79 Å². The molecule has 1 aromatic carbocycles. The second-order valence-electron chi connectivity index (χ2n) is 9.34. The van der Waals surface area contributed by atoms with Gasteiger partial charge in [-0.1, -0.05) is 12.1 Å². The van der Waals surface area contributed by atoms with Crippen LogP contribution in [0.3, 0.4) is 0 Å². The van der Waals surface area contributed by atoms with E-state index in [1.165, 1.54) is 11.8 Å². The van der Waals surface area contributed by atoms with E-state index in [9.17, 15) is 19.8 Å². The number of hydrogen-bond acceptors (Lipinski definition) is 5. The minimum Gasteiger partial charge on any atom is -0.465 e. The lowest BCUT2D eigenvalue weighted by molar-refractivity contribution is -0.130. The van der Waals surface area contributed by atoms with Crippen LogP contribution in [0, 0.1) is 6.92 Å². The molecule has 0 saturated carbocycles. The van der Waals surface area contributed by atoms with Crippen LogP contribution in [0.5, 0.6) is 0 Å². The van der Waals surface area contributed by atoms with Crippen LogP contribution in [0.2, 0.25) is 0 Å². The standard InChI is InChI=1S/C25H28N6O4/c1-13(2)30(25(34)35)17-7-5-16(6-8-17)21-20-11-27-23-22(14(3)10-26-23)31(20)24(28-21)19-9-18(33)12-29(19)15(4)32/h5-8,10-11,13,18-19,26,33H,9,12H2,1-4H3,(H,34,35)/t18-,19-/m1/s1. The molecule has 3 aromatic heterocycles. The number of likely N-dealkylation sites (tertiary alicyclic amines) is 1. The first kappa shape index (κ1) is 22.9. The number of nitrogens with one attached hydrogen (secondary N) is 1. The first-order valence-electron chi connectivity index (χ1n) is 11.6. The number of β-amino-alcohol motifs (C(OH)–C–C–N with tert-alkyl or cyclic N) is 1. The molecule has 10 nitrogen and oxygen atoms in total. The van der Waals surface area contributed by atoms with Crippen LogP contribution in [0.15, 0.2) is 36.7 Å². The van der Waals surface area contributed by atoms with Gasteiger partial charge in [0.1, 0.15) is 5.82 Å². The molecular weight excluding hydrogens is 448 g/mol. The highest BCUT2D eigenvalue weighted by atomic mass is 16.4. The fraction of sp³-hybridized carbons (Fsp3) is 0.360. The van der Waals surface area contributed by atoms with Crippen LogP contribution in [0.1, 0.15) is 44.6 Å². The van der Waals surface area contributed by atoms with E-state index in [1.807, 2.05) is 43.5 Å². The number of anilines is 1. The SMILES string of the molecule is CC(=O)N1C[C@H](O)C[C@@H]1c1nc(-c2ccc(N(C(=O)O)C(C)C)cc2)c2cnc3[nH]cc(C)c3n12. The molecule has 1 saturated heterocycles. The van der Waals surface area contributed by atoms with Gasteiger partial charge >= 0.3 is 6.09 Å². The van der Waals surface area contributed by atoms with Crippen molar-refractivity contribution in [3.8, 4) is 11.3 Å². The Kier molecular flexibility index (Phi) is 5.47. The van der Waals surface area contributed by atoms with Crippen molar-refractivity contribution < 1.29 is 19.8 Å². The van der Waals surface area contributed by atoms with Gasteiger partial charge in [0.05, 0.1) is 35.1 Å². The van der Waals surface area contributed by atoms with E-state index in [2.05, 4.69) is 9.97 Å². The molecule has 182 valence electrons. The van der Waals surface area contributed by atoms with E-state index in [4.69, 9.17) is 4.98 Å². The molecule has 2 amide bonds. The molecule has 4 heterocycles. The molecule has 0 radical (unpaired) electrons. The van der Waals surface area contributed by atoms with Gasteiger partial charge in [0.2, 0.25) is 5.91 Å². The van der Waals surface area contributed by atoms with Crippen LogP contribution >= 0.6 is 0 Å². The number of aryl methyl sites for hydroxylation is 1. The number of benzene rings is 1. The Morgan fingerprint density at radius 2 is 1.94 bits per heavy atom. The molecule has 4 aromatic rings. The lowest BCUT2D eigenvalue weighted by Gasteiger charge is -2.23. The van der Waals surface area contributed by atoms with Gasteiger partial charge in [-0.05, 0) is 38.5 Å². The highest BCUT2D eigenvalue weighted by Crippen LogP contribution is 2.37. The molecule has 1 aliphatic heterocycles. The highest BCUT2D eigenvalue weighted by molar-refractivity contribution is 5.89. The molecule has 0 bridgehead atoms. The molecule has 1 aliphatic rings. The van der Waals surface area contributed by atoms with Crippen molar-refractivity contribution in [1.82, 2.24) is 24.3 Å². The summed E-state index contributed by atoms with van der Waals surface area (Å²) in [6.45, 7) is 7.40. The van der Waals surface area contributed by atoms with Crippen LogP contribution in [-0.4, -0.2) is 65.2 Å². The monoisotopic (exact) mass is 476 g/mol. The van der Waals surface area contributed by atoms with Gasteiger partial charge in [-0.15, -0.1) is 0 Å². The Balaban J connectivity index is 1.70. The molecule has 0 spiro atoms. The number of nitrogens with zero attached hydrogens (tertiary/aromatic N) is 5. The first-order valence-corrected chi connectivity index (χ1v) is 11.6. The summed E-state index contributed by atoms with van der Waals surface area (Å²) in [6, 6.07) is 6.64. The van der Waals surface area contributed by atoms with Gasteiger partial charge in [0, 0.05) is 43.4 Å². The first-order chi connectivity index (χ1) is 16.7. The van der Waals surface area contributed by atoms with Gasteiger partial charge in [-0.25, -0.2) is 14.8 Å². The maximum Gasteiger partial charge on any atom is 0.412 e. The number of carboxylic acid groups (broad SMARTS) is 1. The third kappa shape index (κ3) is 3.70. The Bertz CT molecular complexity index is 1440. The van der Waals surface area contributed by atoms with Crippen molar-refractivity contribution >= 4 is 34.4 Å². The fourth-order valence-electron chi connectivity index (χ4n) is 5.06. The number of rotatable bonds is 4. The minimum absolute atomic E-state index is 0.118. The van der Waals surface area contributed by atoms with E-state index in [0.717, 1.165) is 22.2 Å². The number of aliphatic hydroxyl groups is 1. The topological polar surface area (TPSA) is 127 Å². The zero-order chi connectivity index (χ0) is 25.0. The number of carbonyl (C=O) groups is 2. The number of H-pyrrole nitrogens is 1. The molecule has 5 rings (SSSR count). The lowest BCUT2D eigenvalue weighted by atomic mass is 10.1. The third-order valence-electron chi connectivity index (χ3n) is 6.62. The highest BCUT2D eigenvalue weighted by Gasteiger charge is 2.37. The summed E-state index contributed by atoms with van der Waals surface area (Å²) in [5.74, 6) is 0.544. The van der Waals surface area contributed by atoms with Crippen molar-refractivity contribution in [3.63, 3.8) is 0 Å². The molecular formula is C25H28N6O4. The van der Waals surface area contributed by atoms with E-state index < -0.39 is 12.2 Å². The molecule has 2 atom stereocenters. The van der Waals surface area contributed by atoms with E-state index in [0.29, 0.717) is 29.3 Å². The normalized spacial score (nSPS) is 18.2. The van der Waals surface area contributed by atoms with Gasteiger partial charge in [-0.2, -0.15) is 0 Å². The maximum absolute atomic E-state index is 12.4. The molecule has 3 N–H and O–H groups in total. The van der Waals surface area contributed by atoms with Crippen molar-refractivity contribution in [2.24, 2.45) is 0 Å². The Morgan fingerprint density at radius 3 is 2.57 bits per heavy atom. The minimum atomic E-state index is -1.01. The summed E-state index contributed by atoms with van der Waals surface area (Å²) in [7, 11) is 0. The van der Waals surface area contributed by atoms with Crippen molar-refractivity contribution in [2.75, 3.05) is 11.4 Å². The third-order valence-corrected chi connectivity index (χ3v) is 6.62. The molecule has 0 aliphatic carbocycles. The van der Waals surface area contributed by atoms with Crippen molar-refractivity contribution in [3.05, 3.63) is 48.0 Å². The zero-order valence-corrected chi connectivity index (χ0v) is 20.1. The zero-order valence-electron chi connectivity index (χ0n) is 20.1. The predicted octanol–water partition coefficient (Wildman–Crippen LogP) is 3.73. The summed E-state index contributed by atoms with van der Waals surface area (Å²) in [5.41, 5.74) is 5.38. The second kappa shape index (κ2) is 8.38. The predicted molar refractivity (Wildman–Crippen MR) is 131 cm³/mol. The van der Waals surface area contributed by atoms with Crippen molar-refractivity contribution in [1.29, 1.82) is 0 Å². The number of imidazole rings is 1. The molecule has 10 heteroatoms. The second-order valence-corrected chi connectivity index (χ2v) is 9.34. The van der Waals surface area contributed by atoms with E-state index >= 15 is 0 Å². The summed E-state index contributed by atoms with van der Waals surface area (Å²) in [4.78, 5) is 39.8. The molecule has 1 fully saturated rings. The molecule has 0 unspecified atom stereocenters. The van der Waals surface area contributed by atoms with Gasteiger partial charge < -0.3 is 20.1 Å². The number of aromatic nitrogens is 4. The number of aliphatic hydroxyl groups excluding tert-OH is 1. The Hall–Kier alpha value is -3.92. The Morgan fingerprint density at radius 1 is 1.23 bits per heavy atom. The van der Waals surface area contributed by atoms with Crippen LogP contribution in [0.4, 0.5) is 10.5 Å². The van der Waals surface area contributed by atoms with E-state index in [1.54, 1.807) is 23.2 Å². The quantitative estimate of drug-likeness (QED) is 0.412. The van der Waals surface area contributed by atoms with Gasteiger partial charge in [0.15, 0.2) is 5.65 Å². The van der Waals surface area contributed by atoms with Gasteiger partial charge in [0.25, 0.3) is 0 Å². The number of aromatic amines is 1. The summed E-state index contributed by atoms with van der Waals surface area (Å²) >= 11 is 0. The average molecular weight is 477 g/mol. The van der Waals surface area contributed by atoms with Crippen molar-refractivity contribution in [2.45, 2.75) is 52.3 Å². The summed E-state index contributed by atoms with van der Waals surface area (Å²) < 4.78 is 2.02. The summed E-state index contributed by atoms with van der Waals surface area (Å²) in [5, 5.41) is 20.0. The van der Waals surface area contributed by atoms with E-state index in [-0.39, 0.29) is 24.5 Å². The molecule has 35 heavy (non-hydrogen) atoms. The van der Waals surface area contributed by atoms with Crippen LogP contribution in [0.25, 0.3) is 27.9 Å². The number of amides is 2. The van der Waals surface area contributed by atoms with Crippen LogP contribution < -0.4 is 4.90 Å². The summed E-state index contributed by atoms with van der Waals surface area (Å²) in [6.07, 6.45) is 2.39. The number of hydrogen-bond donors (Lipinski definition) is 3. The number of fused-ring (bicyclic) bond motifs is 3. The average Bonchev–Trinajstić information content (AvgIpc) is 3.48. The fourth-order valence-corrected chi connectivity index (χ4v) is 5.06. The van der Waals surface area contributed by atoms with Gasteiger partial charge in [-0.3, -0.25) is 14.1 Å². The Labute approximate surface area is 201 Å². The lowest BCUT2D eigenvalue weighted by Crippen LogP contribution is -2.35. The number of carbonyl (C=O) groups excluding carboxylic acids is 1.